The molecule has 0 N–H and O–H groups in total. The van der Waals surface area contributed by atoms with Crippen LogP contribution in [0.2, 0.25) is 0 Å². The highest BCUT2D eigenvalue weighted by Crippen LogP contribution is 2.38. The van der Waals surface area contributed by atoms with Crippen molar-refractivity contribution < 1.29 is 27.2 Å². The van der Waals surface area contributed by atoms with E-state index in [0.29, 0.717) is 23.9 Å². The number of hydrogen-bond acceptors (Lipinski definition) is 5. The molecule has 1 aromatic heterocycles. The molecule has 0 amide bonds. The molecule has 6 nitrogen and oxygen atoms in total. The molecule has 0 unspecified atom stereocenters. The van der Waals surface area contributed by atoms with Crippen LogP contribution in [0.25, 0.3) is 11.0 Å². The minimum Gasteiger partial charge on any atom is -0.450 e. The number of nitro benzene ring substituents is 1. The van der Waals surface area contributed by atoms with Crippen LogP contribution in [0.3, 0.4) is 0 Å². The van der Waals surface area contributed by atoms with Gasteiger partial charge in [0.05, 0.1) is 10.5 Å². The Kier molecular flexibility index (Phi) is 5.08. The Morgan fingerprint density at radius 2 is 1.89 bits per heavy atom. The largest absolute Gasteiger partial charge is 0.450 e. The number of rotatable bonds is 5. The van der Waals surface area contributed by atoms with E-state index >= 15 is 0 Å². The van der Waals surface area contributed by atoms with Crippen molar-refractivity contribution in [2.75, 3.05) is 0 Å². The molecular formula is C19H14F3NO5. The van der Waals surface area contributed by atoms with Gasteiger partial charge in [-0.25, -0.2) is 4.79 Å². The van der Waals surface area contributed by atoms with E-state index in [4.69, 9.17) is 9.15 Å². The molecule has 28 heavy (non-hydrogen) atoms. The van der Waals surface area contributed by atoms with Crippen molar-refractivity contribution in [1.82, 2.24) is 0 Å². The zero-order valence-electron chi connectivity index (χ0n) is 14.6. The second-order valence-electron chi connectivity index (χ2n) is 6.04. The number of nitrogens with zero attached hydrogens (tertiary/aromatic N) is 1. The number of fused-ring (bicyclic) bond motifs is 1. The third-order valence-electron chi connectivity index (χ3n) is 4.03. The predicted octanol–water partition coefficient (Wildman–Crippen LogP) is 5.46. The van der Waals surface area contributed by atoms with E-state index in [1.165, 1.54) is 18.2 Å². The first-order valence-corrected chi connectivity index (χ1v) is 8.29. The standard InChI is InChI=1S/C19H14F3NO5/c1-2-3-11-8-18(24)28-17-10-13(5-6-14(11)17)27-16-7-4-12(19(20,21)22)9-15(16)23(25)26/h4-10H,2-3H2,1H3. The Labute approximate surface area is 156 Å². The normalized spacial score (nSPS) is 11.6. The molecule has 0 spiro atoms. The monoisotopic (exact) mass is 393 g/mol. The number of hydrogen-bond donors (Lipinski definition) is 0. The van der Waals surface area contributed by atoms with Crippen LogP contribution in [-0.2, 0) is 12.6 Å². The summed E-state index contributed by atoms with van der Waals surface area (Å²) in [6.45, 7) is 1.96. The Morgan fingerprint density at radius 1 is 1.14 bits per heavy atom. The van der Waals surface area contributed by atoms with Gasteiger partial charge >= 0.3 is 17.5 Å². The van der Waals surface area contributed by atoms with Crippen molar-refractivity contribution in [3.63, 3.8) is 0 Å². The van der Waals surface area contributed by atoms with E-state index in [1.807, 2.05) is 6.92 Å². The van der Waals surface area contributed by atoms with Gasteiger partial charge in [0, 0.05) is 23.6 Å². The Balaban J connectivity index is 2.03. The number of halogens is 3. The lowest BCUT2D eigenvalue weighted by molar-refractivity contribution is -0.385. The quantitative estimate of drug-likeness (QED) is 0.326. The van der Waals surface area contributed by atoms with Crippen LogP contribution in [0.4, 0.5) is 18.9 Å². The maximum atomic E-state index is 12.8. The van der Waals surface area contributed by atoms with Crippen LogP contribution in [-0.4, -0.2) is 4.92 Å². The van der Waals surface area contributed by atoms with Gasteiger partial charge in [0.25, 0.3) is 0 Å². The molecule has 3 rings (SSSR count). The summed E-state index contributed by atoms with van der Waals surface area (Å²) in [4.78, 5) is 21.9. The molecule has 0 aliphatic carbocycles. The second-order valence-corrected chi connectivity index (χ2v) is 6.04. The van der Waals surface area contributed by atoms with E-state index in [2.05, 4.69) is 0 Å². The lowest BCUT2D eigenvalue weighted by Crippen LogP contribution is -2.06. The van der Waals surface area contributed by atoms with E-state index in [0.717, 1.165) is 18.1 Å². The van der Waals surface area contributed by atoms with Gasteiger partial charge in [0.2, 0.25) is 5.75 Å². The smallest absolute Gasteiger partial charge is 0.416 e. The summed E-state index contributed by atoms with van der Waals surface area (Å²) in [6.07, 6.45) is -3.24. The minimum absolute atomic E-state index is 0.0900. The summed E-state index contributed by atoms with van der Waals surface area (Å²) >= 11 is 0. The van der Waals surface area contributed by atoms with E-state index in [1.54, 1.807) is 6.07 Å². The number of alkyl halides is 3. The third kappa shape index (κ3) is 3.98. The first-order chi connectivity index (χ1) is 13.2. The average molecular weight is 393 g/mol. The molecule has 146 valence electrons. The van der Waals surface area contributed by atoms with Gasteiger partial charge in [-0.1, -0.05) is 13.3 Å². The van der Waals surface area contributed by atoms with Gasteiger partial charge in [-0.2, -0.15) is 13.2 Å². The molecule has 2 aromatic carbocycles. The van der Waals surface area contributed by atoms with Gasteiger partial charge in [-0.15, -0.1) is 0 Å². The summed E-state index contributed by atoms with van der Waals surface area (Å²) < 4.78 is 49.0. The average Bonchev–Trinajstić information content (AvgIpc) is 2.60. The van der Waals surface area contributed by atoms with Crippen molar-refractivity contribution in [1.29, 1.82) is 0 Å². The summed E-state index contributed by atoms with van der Waals surface area (Å²) in [6, 6.07) is 7.90. The van der Waals surface area contributed by atoms with Gasteiger partial charge in [-0.05, 0) is 36.2 Å². The van der Waals surface area contributed by atoms with Crippen molar-refractivity contribution in [3.8, 4) is 11.5 Å². The van der Waals surface area contributed by atoms with Crippen molar-refractivity contribution in [3.05, 3.63) is 74.1 Å². The topological polar surface area (TPSA) is 82.6 Å². The molecule has 0 aliphatic heterocycles. The summed E-state index contributed by atoms with van der Waals surface area (Å²) in [5, 5.41) is 11.9. The molecule has 1 heterocycles. The van der Waals surface area contributed by atoms with Crippen LogP contribution < -0.4 is 10.4 Å². The fraction of sp³-hybridized carbons (Fsp3) is 0.211. The summed E-state index contributed by atoms with van der Waals surface area (Å²) in [5.74, 6) is -0.267. The highest BCUT2D eigenvalue weighted by atomic mass is 19.4. The maximum absolute atomic E-state index is 12.8. The molecule has 3 aromatic rings. The van der Waals surface area contributed by atoms with Gasteiger partial charge in [-0.3, -0.25) is 10.1 Å². The van der Waals surface area contributed by atoms with Gasteiger partial charge in [0.1, 0.15) is 11.3 Å². The fourth-order valence-corrected chi connectivity index (χ4v) is 2.80. The summed E-state index contributed by atoms with van der Waals surface area (Å²) in [5.41, 5.74) is -1.51. The van der Waals surface area contributed by atoms with E-state index in [-0.39, 0.29) is 17.1 Å². The zero-order chi connectivity index (χ0) is 20.5. The van der Waals surface area contributed by atoms with Crippen LogP contribution >= 0.6 is 0 Å². The number of aryl methyl sites for hydroxylation is 1. The highest BCUT2D eigenvalue weighted by molar-refractivity contribution is 5.81. The third-order valence-corrected chi connectivity index (χ3v) is 4.03. The van der Waals surface area contributed by atoms with E-state index in [9.17, 15) is 28.1 Å². The van der Waals surface area contributed by atoms with Gasteiger partial charge < -0.3 is 9.15 Å². The SMILES string of the molecule is CCCc1cc(=O)oc2cc(Oc3ccc(C(F)(F)F)cc3[N+](=O)[O-])ccc12. The molecule has 0 fully saturated rings. The first kappa shape index (κ1) is 19.4. The van der Waals surface area contributed by atoms with E-state index < -0.39 is 28.0 Å². The fourth-order valence-electron chi connectivity index (χ4n) is 2.80. The maximum Gasteiger partial charge on any atom is 0.416 e. The molecule has 0 saturated carbocycles. The predicted molar refractivity (Wildman–Crippen MR) is 94.7 cm³/mol. The molecule has 9 heteroatoms. The van der Waals surface area contributed by atoms with Crippen LogP contribution in [0.15, 0.2) is 51.7 Å². The zero-order valence-corrected chi connectivity index (χ0v) is 14.6. The number of benzene rings is 2. The number of ether oxygens (including phenoxy) is 1. The minimum atomic E-state index is -4.72. The molecular weight excluding hydrogens is 379 g/mol. The molecule has 0 saturated heterocycles. The highest BCUT2D eigenvalue weighted by Gasteiger charge is 2.33. The number of nitro groups is 1. The van der Waals surface area contributed by atoms with Crippen molar-refractivity contribution >= 4 is 16.7 Å². The Hall–Kier alpha value is -3.36. The molecule has 0 radical (unpaired) electrons. The molecule has 0 bridgehead atoms. The van der Waals surface area contributed by atoms with Crippen LogP contribution in [0.5, 0.6) is 11.5 Å². The van der Waals surface area contributed by atoms with Crippen LogP contribution in [0.1, 0.15) is 24.5 Å². The Bertz CT molecular complexity index is 1100. The van der Waals surface area contributed by atoms with Crippen molar-refractivity contribution in [2.24, 2.45) is 0 Å². The lowest BCUT2D eigenvalue weighted by atomic mass is 10.1. The first-order valence-electron chi connectivity index (χ1n) is 8.29. The second kappa shape index (κ2) is 7.34. The van der Waals surface area contributed by atoms with Crippen LogP contribution in [0, 0.1) is 10.1 Å². The van der Waals surface area contributed by atoms with Crippen molar-refractivity contribution in [2.45, 2.75) is 25.9 Å². The molecule has 0 aliphatic rings. The Morgan fingerprint density at radius 3 is 2.54 bits per heavy atom. The lowest BCUT2D eigenvalue weighted by Gasteiger charge is -2.11. The van der Waals surface area contributed by atoms with Gasteiger partial charge in [0.15, 0.2) is 0 Å². The molecule has 0 atom stereocenters. The summed E-state index contributed by atoms with van der Waals surface area (Å²) in [7, 11) is 0.